The summed E-state index contributed by atoms with van der Waals surface area (Å²) in [5.74, 6) is 0.727. The van der Waals surface area contributed by atoms with E-state index >= 15 is 0 Å². The van der Waals surface area contributed by atoms with Crippen molar-refractivity contribution in [1.82, 2.24) is 4.98 Å². The second-order valence-electron chi connectivity index (χ2n) is 6.51. The fourth-order valence-corrected chi connectivity index (χ4v) is 3.23. The number of ether oxygens (including phenoxy) is 3. The van der Waals surface area contributed by atoms with Crippen molar-refractivity contribution in [3.63, 3.8) is 0 Å². The van der Waals surface area contributed by atoms with E-state index in [1.807, 2.05) is 43.3 Å². The van der Waals surface area contributed by atoms with Crippen LogP contribution < -0.4 is 20.3 Å². The van der Waals surface area contributed by atoms with Gasteiger partial charge in [0.2, 0.25) is 6.79 Å². The van der Waals surface area contributed by atoms with Crippen molar-refractivity contribution >= 4 is 22.6 Å². The second kappa shape index (κ2) is 7.26. The molecule has 0 bridgehead atoms. The number of aromatic nitrogens is 1. The van der Waals surface area contributed by atoms with Gasteiger partial charge in [0.1, 0.15) is 5.56 Å². The summed E-state index contributed by atoms with van der Waals surface area (Å²) in [6.45, 7) is 4.45. The van der Waals surface area contributed by atoms with Crippen molar-refractivity contribution in [2.75, 3.05) is 18.7 Å². The Hall–Kier alpha value is -3.48. The zero-order valence-corrected chi connectivity index (χ0v) is 15.6. The van der Waals surface area contributed by atoms with E-state index in [2.05, 4.69) is 10.3 Å². The molecule has 2 heterocycles. The summed E-state index contributed by atoms with van der Waals surface area (Å²) < 4.78 is 15.8. The predicted octanol–water partition coefficient (Wildman–Crippen LogP) is 3.35. The van der Waals surface area contributed by atoms with Crippen molar-refractivity contribution in [2.24, 2.45) is 0 Å². The third kappa shape index (κ3) is 3.26. The number of hydrogen-bond acceptors (Lipinski definition) is 6. The SMILES string of the molecule is CCOC(=O)c1c(NCc2ccc3c(c2)OCO3)c2cc(C)ccc2[nH]c1=O. The molecule has 28 heavy (non-hydrogen) atoms. The van der Waals surface area contributed by atoms with Crippen LogP contribution in [0.15, 0.2) is 41.2 Å². The number of pyridine rings is 1. The molecule has 0 saturated carbocycles. The van der Waals surface area contributed by atoms with Gasteiger partial charge >= 0.3 is 5.97 Å². The number of nitrogens with one attached hydrogen (secondary N) is 2. The van der Waals surface area contributed by atoms with Crippen LogP contribution in [0.3, 0.4) is 0 Å². The number of esters is 1. The lowest BCUT2D eigenvalue weighted by Crippen LogP contribution is -2.23. The highest BCUT2D eigenvalue weighted by atomic mass is 16.7. The lowest BCUT2D eigenvalue weighted by molar-refractivity contribution is 0.0525. The molecule has 2 aromatic carbocycles. The molecule has 0 saturated heterocycles. The van der Waals surface area contributed by atoms with E-state index in [4.69, 9.17) is 14.2 Å². The first kappa shape index (κ1) is 17.9. The van der Waals surface area contributed by atoms with Gasteiger partial charge in [-0.2, -0.15) is 0 Å². The normalized spacial score (nSPS) is 12.2. The van der Waals surface area contributed by atoms with Crippen LogP contribution >= 0.6 is 0 Å². The van der Waals surface area contributed by atoms with Crippen LogP contribution in [0.2, 0.25) is 0 Å². The predicted molar refractivity (Wildman–Crippen MR) is 105 cm³/mol. The van der Waals surface area contributed by atoms with E-state index < -0.39 is 11.5 Å². The van der Waals surface area contributed by atoms with Crippen molar-refractivity contribution in [1.29, 1.82) is 0 Å². The van der Waals surface area contributed by atoms with Gasteiger partial charge in [0, 0.05) is 11.9 Å². The number of aromatic amines is 1. The van der Waals surface area contributed by atoms with Crippen LogP contribution in [0, 0.1) is 6.92 Å². The minimum atomic E-state index is -0.652. The Labute approximate surface area is 161 Å². The van der Waals surface area contributed by atoms with Crippen molar-refractivity contribution in [2.45, 2.75) is 20.4 Å². The molecule has 7 heteroatoms. The Balaban J connectivity index is 1.76. The summed E-state index contributed by atoms with van der Waals surface area (Å²) in [5.41, 5.74) is 2.54. The van der Waals surface area contributed by atoms with Gasteiger partial charge in [-0.15, -0.1) is 0 Å². The van der Waals surface area contributed by atoms with Crippen LogP contribution in [0.1, 0.15) is 28.4 Å². The smallest absolute Gasteiger partial charge is 0.345 e. The lowest BCUT2D eigenvalue weighted by atomic mass is 10.1. The van der Waals surface area contributed by atoms with Crippen LogP contribution in [0.5, 0.6) is 11.5 Å². The third-order valence-corrected chi connectivity index (χ3v) is 4.56. The number of aryl methyl sites for hydroxylation is 1. The van der Waals surface area contributed by atoms with Gasteiger partial charge in [0.05, 0.1) is 17.8 Å². The quantitative estimate of drug-likeness (QED) is 0.660. The minimum Gasteiger partial charge on any atom is -0.462 e. The Bertz CT molecular complexity index is 1120. The number of carbonyl (C=O) groups excluding carboxylic acids is 1. The maximum atomic E-state index is 12.6. The van der Waals surface area contributed by atoms with E-state index in [-0.39, 0.29) is 19.0 Å². The maximum absolute atomic E-state index is 12.6. The highest BCUT2D eigenvalue weighted by molar-refractivity contribution is 6.05. The van der Waals surface area contributed by atoms with E-state index in [1.165, 1.54) is 0 Å². The standard InChI is InChI=1S/C21H20N2O5/c1-3-26-21(25)18-19(14-8-12(2)4-6-15(14)23-20(18)24)22-10-13-5-7-16-17(9-13)28-11-27-16/h4-9H,3,10-11H2,1-2H3,(H2,22,23,24). The first-order chi connectivity index (χ1) is 13.6. The molecule has 0 spiro atoms. The first-order valence-corrected chi connectivity index (χ1v) is 9.03. The molecule has 0 aliphatic carbocycles. The minimum absolute atomic E-state index is 0.0271. The molecule has 7 nitrogen and oxygen atoms in total. The van der Waals surface area contributed by atoms with Crippen molar-refractivity contribution in [3.05, 3.63) is 63.4 Å². The molecule has 1 aromatic heterocycles. The topological polar surface area (TPSA) is 89.7 Å². The maximum Gasteiger partial charge on any atom is 0.345 e. The average molecular weight is 380 g/mol. The summed E-state index contributed by atoms with van der Waals surface area (Å²) in [4.78, 5) is 27.8. The van der Waals surface area contributed by atoms with Gasteiger partial charge in [0.15, 0.2) is 11.5 Å². The number of hydrogen-bond donors (Lipinski definition) is 2. The second-order valence-corrected chi connectivity index (χ2v) is 6.51. The molecule has 0 unspecified atom stereocenters. The molecule has 144 valence electrons. The number of carbonyl (C=O) groups is 1. The van der Waals surface area contributed by atoms with Gasteiger partial charge < -0.3 is 24.5 Å². The zero-order chi connectivity index (χ0) is 19.7. The van der Waals surface area contributed by atoms with Gasteiger partial charge in [-0.3, -0.25) is 4.79 Å². The first-order valence-electron chi connectivity index (χ1n) is 9.03. The summed E-state index contributed by atoms with van der Waals surface area (Å²) in [5, 5.41) is 4.01. The fraction of sp³-hybridized carbons (Fsp3) is 0.238. The number of benzene rings is 2. The molecule has 0 radical (unpaired) electrons. The number of anilines is 1. The zero-order valence-electron chi connectivity index (χ0n) is 15.6. The van der Waals surface area contributed by atoms with Gasteiger partial charge in [0.25, 0.3) is 5.56 Å². The molecule has 0 atom stereocenters. The summed E-state index contributed by atoms with van der Waals surface area (Å²) in [6.07, 6.45) is 0. The van der Waals surface area contributed by atoms with Gasteiger partial charge in [-0.25, -0.2) is 4.79 Å². The molecule has 4 rings (SSSR count). The Morgan fingerprint density at radius 1 is 1.18 bits per heavy atom. The third-order valence-electron chi connectivity index (χ3n) is 4.56. The summed E-state index contributed by atoms with van der Waals surface area (Å²) in [7, 11) is 0. The Morgan fingerprint density at radius 3 is 2.82 bits per heavy atom. The molecule has 1 aliphatic rings. The van der Waals surface area contributed by atoms with Gasteiger partial charge in [-0.05, 0) is 43.7 Å². The molecule has 1 aliphatic heterocycles. The summed E-state index contributed by atoms with van der Waals surface area (Å²) >= 11 is 0. The largest absolute Gasteiger partial charge is 0.462 e. The Kier molecular flexibility index (Phi) is 4.65. The van der Waals surface area contributed by atoms with Crippen molar-refractivity contribution in [3.8, 4) is 11.5 Å². The highest BCUT2D eigenvalue weighted by Gasteiger charge is 2.21. The molecule has 0 amide bonds. The summed E-state index contributed by atoms with van der Waals surface area (Å²) in [6, 6.07) is 11.3. The van der Waals surface area contributed by atoms with E-state index in [0.717, 1.165) is 16.5 Å². The molecule has 2 N–H and O–H groups in total. The number of H-pyrrole nitrogens is 1. The molecule has 0 fully saturated rings. The van der Waals surface area contributed by atoms with Crippen molar-refractivity contribution < 1.29 is 19.0 Å². The number of fused-ring (bicyclic) bond motifs is 2. The molecule has 3 aromatic rings. The lowest BCUT2D eigenvalue weighted by Gasteiger charge is -2.15. The highest BCUT2D eigenvalue weighted by Crippen LogP contribution is 2.33. The van der Waals surface area contributed by atoms with Crippen LogP contribution in [0.25, 0.3) is 10.9 Å². The van der Waals surface area contributed by atoms with E-state index in [1.54, 1.807) is 6.92 Å². The van der Waals surface area contributed by atoms with Gasteiger partial charge in [-0.1, -0.05) is 17.7 Å². The fourth-order valence-electron chi connectivity index (χ4n) is 3.23. The molecular formula is C21H20N2O5. The van der Waals surface area contributed by atoms with Crippen LogP contribution in [0.4, 0.5) is 5.69 Å². The monoisotopic (exact) mass is 380 g/mol. The van der Waals surface area contributed by atoms with E-state index in [9.17, 15) is 9.59 Å². The average Bonchev–Trinajstić information content (AvgIpc) is 3.14. The van der Waals surface area contributed by atoms with Crippen LogP contribution in [-0.2, 0) is 11.3 Å². The number of rotatable bonds is 5. The molecular weight excluding hydrogens is 360 g/mol. The van der Waals surface area contributed by atoms with Crippen LogP contribution in [-0.4, -0.2) is 24.4 Å². The Morgan fingerprint density at radius 2 is 2.00 bits per heavy atom. The van der Waals surface area contributed by atoms with E-state index in [0.29, 0.717) is 29.2 Å².